The van der Waals surface area contributed by atoms with Crippen molar-refractivity contribution in [2.45, 2.75) is 25.8 Å². The molecule has 0 fully saturated rings. The molecule has 1 rings (SSSR count). The maximum Gasteiger partial charge on any atom is 0.259 e. The maximum atomic E-state index is 11.4. The van der Waals surface area contributed by atoms with Crippen LogP contribution in [0.2, 0.25) is 0 Å². The average molecular weight is 250 g/mol. The molecular weight excluding hydrogens is 228 g/mol. The van der Waals surface area contributed by atoms with Crippen molar-refractivity contribution in [1.29, 1.82) is 0 Å². The third kappa shape index (κ3) is 4.75. The minimum absolute atomic E-state index is 0.0490. The molecule has 0 aromatic heterocycles. The van der Waals surface area contributed by atoms with Crippen LogP contribution in [-0.4, -0.2) is 37.6 Å². The normalized spacial score (nSPS) is 12.0. The van der Waals surface area contributed by atoms with E-state index in [9.17, 15) is 4.79 Å². The lowest BCUT2D eigenvalue weighted by Crippen LogP contribution is -2.27. The zero-order valence-corrected chi connectivity index (χ0v) is 11.3. The number of hydrogen-bond donors (Lipinski definition) is 1. The van der Waals surface area contributed by atoms with Crippen molar-refractivity contribution in [1.82, 2.24) is 4.90 Å². The standard InChI is InChI=1S/C14H22N2O2/c1-4-12(15)9-11-5-7-13(8-6-11)18-10-14(17)16(2)3/h5-8,12H,4,9-10,15H2,1-3H3. The van der Waals surface area contributed by atoms with Gasteiger partial charge in [-0.3, -0.25) is 4.79 Å². The van der Waals surface area contributed by atoms with Crippen LogP contribution < -0.4 is 10.5 Å². The molecule has 0 aliphatic rings. The SMILES string of the molecule is CCC(N)Cc1ccc(OCC(=O)N(C)C)cc1. The van der Waals surface area contributed by atoms with Crippen LogP contribution >= 0.6 is 0 Å². The van der Waals surface area contributed by atoms with E-state index in [0.29, 0.717) is 5.75 Å². The van der Waals surface area contributed by atoms with Gasteiger partial charge in [0.05, 0.1) is 0 Å². The van der Waals surface area contributed by atoms with Crippen LogP contribution in [0.25, 0.3) is 0 Å². The molecule has 1 aromatic carbocycles. The Balaban J connectivity index is 2.48. The fraction of sp³-hybridized carbons (Fsp3) is 0.500. The van der Waals surface area contributed by atoms with Gasteiger partial charge >= 0.3 is 0 Å². The van der Waals surface area contributed by atoms with Crippen molar-refractivity contribution in [2.75, 3.05) is 20.7 Å². The van der Waals surface area contributed by atoms with E-state index in [-0.39, 0.29) is 18.6 Å². The Labute approximate surface area is 109 Å². The second-order valence-corrected chi connectivity index (χ2v) is 4.59. The summed E-state index contributed by atoms with van der Waals surface area (Å²) in [7, 11) is 3.42. The number of benzene rings is 1. The van der Waals surface area contributed by atoms with Gasteiger partial charge in [-0.25, -0.2) is 0 Å². The second-order valence-electron chi connectivity index (χ2n) is 4.59. The molecule has 2 N–H and O–H groups in total. The highest BCUT2D eigenvalue weighted by Crippen LogP contribution is 2.13. The summed E-state index contributed by atoms with van der Waals surface area (Å²) >= 11 is 0. The van der Waals surface area contributed by atoms with E-state index in [1.165, 1.54) is 10.5 Å². The van der Waals surface area contributed by atoms with Crippen LogP contribution in [0.3, 0.4) is 0 Å². The van der Waals surface area contributed by atoms with Crippen LogP contribution in [-0.2, 0) is 11.2 Å². The third-order valence-corrected chi connectivity index (χ3v) is 2.81. The molecule has 18 heavy (non-hydrogen) atoms. The number of rotatable bonds is 6. The van der Waals surface area contributed by atoms with Gasteiger partial charge in [-0.2, -0.15) is 0 Å². The van der Waals surface area contributed by atoms with Crippen molar-refractivity contribution in [3.63, 3.8) is 0 Å². The summed E-state index contributed by atoms with van der Waals surface area (Å²) in [5.41, 5.74) is 7.08. The van der Waals surface area contributed by atoms with Gasteiger partial charge in [-0.1, -0.05) is 19.1 Å². The molecule has 1 unspecified atom stereocenters. The summed E-state index contributed by atoms with van der Waals surface area (Å²) in [4.78, 5) is 12.9. The fourth-order valence-corrected chi connectivity index (χ4v) is 1.44. The zero-order chi connectivity index (χ0) is 13.5. The zero-order valence-electron chi connectivity index (χ0n) is 11.3. The lowest BCUT2D eigenvalue weighted by molar-refractivity contribution is -0.130. The Morgan fingerprint density at radius 1 is 1.33 bits per heavy atom. The van der Waals surface area contributed by atoms with Crippen molar-refractivity contribution in [2.24, 2.45) is 5.73 Å². The minimum Gasteiger partial charge on any atom is -0.484 e. The summed E-state index contributed by atoms with van der Waals surface area (Å²) in [6, 6.07) is 7.93. The van der Waals surface area contributed by atoms with Gasteiger partial charge in [-0.05, 0) is 30.5 Å². The molecule has 1 amide bonds. The first kappa shape index (κ1) is 14.5. The van der Waals surface area contributed by atoms with Gasteiger partial charge in [0, 0.05) is 20.1 Å². The van der Waals surface area contributed by atoms with E-state index >= 15 is 0 Å². The summed E-state index contributed by atoms with van der Waals surface area (Å²) in [5, 5.41) is 0. The molecule has 4 heteroatoms. The molecule has 0 saturated heterocycles. The van der Waals surface area contributed by atoms with Gasteiger partial charge in [0.25, 0.3) is 5.91 Å². The topological polar surface area (TPSA) is 55.6 Å². The molecule has 0 bridgehead atoms. The van der Waals surface area contributed by atoms with Gasteiger partial charge in [0.1, 0.15) is 5.75 Å². The summed E-state index contributed by atoms with van der Waals surface area (Å²) in [6.07, 6.45) is 1.84. The molecule has 0 radical (unpaired) electrons. The number of nitrogens with zero attached hydrogens (tertiary/aromatic N) is 1. The number of likely N-dealkylation sites (N-methyl/N-ethyl adjacent to an activating group) is 1. The Hall–Kier alpha value is -1.55. The fourth-order valence-electron chi connectivity index (χ4n) is 1.44. The van der Waals surface area contributed by atoms with Crippen LogP contribution in [0.1, 0.15) is 18.9 Å². The second kappa shape index (κ2) is 7.01. The molecule has 0 aliphatic heterocycles. The molecule has 0 spiro atoms. The van der Waals surface area contributed by atoms with Crippen LogP contribution in [0.5, 0.6) is 5.75 Å². The number of carbonyl (C=O) groups excluding carboxylic acids is 1. The predicted molar refractivity (Wildman–Crippen MR) is 72.6 cm³/mol. The number of carbonyl (C=O) groups is 1. The highest BCUT2D eigenvalue weighted by Gasteiger charge is 2.05. The smallest absolute Gasteiger partial charge is 0.259 e. The van der Waals surface area contributed by atoms with Crippen molar-refractivity contribution >= 4 is 5.91 Å². The van der Waals surface area contributed by atoms with Crippen molar-refractivity contribution in [3.8, 4) is 5.75 Å². The predicted octanol–water partition coefficient (Wildman–Crippen LogP) is 1.43. The molecular formula is C14H22N2O2. The van der Waals surface area contributed by atoms with Crippen LogP contribution in [0.4, 0.5) is 0 Å². The van der Waals surface area contributed by atoms with E-state index in [0.717, 1.165) is 12.8 Å². The molecule has 0 saturated carbocycles. The van der Waals surface area contributed by atoms with E-state index in [4.69, 9.17) is 10.5 Å². The van der Waals surface area contributed by atoms with E-state index < -0.39 is 0 Å². The minimum atomic E-state index is -0.0490. The number of nitrogens with two attached hydrogens (primary N) is 1. The first-order valence-electron chi connectivity index (χ1n) is 6.20. The number of amides is 1. The average Bonchev–Trinajstić information content (AvgIpc) is 2.37. The molecule has 0 aliphatic carbocycles. The van der Waals surface area contributed by atoms with Gasteiger partial charge in [-0.15, -0.1) is 0 Å². The summed E-state index contributed by atoms with van der Waals surface area (Å²) in [5.74, 6) is 0.658. The summed E-state index contributed by atoms with van der Waals surface area (Å²) < 4.78 is 5.39. The van der Waals surface area contributed by atoms with Crippen LogP contribution in [0, 0.1) is 0 Å². The van der Waals surface area contributed by atoms with Crippen LogP contribution in [0.15, 0.2) is 24.3 Å². The first-order chi connectivity index (χ1) is 8.52. The van der Waals surface area contributed by atoms with E-state index in [1.54, 1.807) is 14.1 Å². The van der Waals surface area contributed by atoms with Gasteiger partial charge < -0.3 is 15.4 Å². The Morgan fingerprint density at radius 2 is 1.94 bits per heavy atom. The Bertz CT molecular complexity index is 374. The largest absolute Gasteiger partial charge is 0.484 e. The van der Waals surface area contributed by atoms with E-state index in [2.05, 4.69) is 6.92 Å². The lowest BCUT2D eigenvalue weighted by atomic mass is 10.0. The quantitative estimate of drug-likeness (QED) is 0.831. The lowest BCUT2D eigenvalue weighted by Gasteiger charge is -2.12. The Kier molecular flexibility index (Phi) is 5.65. The maximum absolute atomic E-state index is 11.4. The number of ether oxygens (including phenoxy) is 1. The third-order valence-electron chi connectivity index (χ3n) is 2.81. The molecule has 0 heterocycles. The molecule has 4 nitrogen and oxygen atoms in total. The molecule has 1 aromatic rings. The van der Waals surface area contributed by atoms with Gasteiger partial charge in [0.2, 0.25) is 0 Å². The monoisotopic (exact) mass is 250 g/mol. The molecule has 100 valence electrons. The summed E-state index contributed by atoms with van der Waals surface area (Å²) in [6.45, 7) is 2.15. The number of hydrogen-bond acceptors (Lipinski definition) is 3. The molecule has 1 atom stereocenters. The van der Waals surface area contributed by atoms with Crippen molar-refractivity contribution in [3.05, 3.63) is 29.8 Å². The highest BCUT2D eigenvalue weighted by atomic mass is 16.5. The first-order valence-corrected chi connectivity index (χ1v) is 6.20. The Morgan fingerprint density at radius 3 is 2.44 bits per heavy atom. The van der Waals surface area contributed by atoms with Crippen molar-refractivity contribution < 1.29 is 9.53 Å². The highest BCUT2D eigenvalue weighted by molar-refractivity contribution is 5.77. The van der Waals surface area contributed by atoms with E-state index in [1.807, 2.05) is 24.3 Å². The van der Waals surface area contributed by atoms with Gasteiger partial charge in [0.15, 0.2) is 6.61 Å².